The molecule has 1 aliphatic carbocycles. The van der Waals surface area contributed by atoms with Crippen LogP contribution in [-0.4, -0.2) is 22.4 Å². The van der Waals surface area contributed by atoms with Gasteiger partial charge in [0.25, 0.3) is 0 Å². The Balaban J connectivity index is 2.15. The number of rotatable bonds is 2. The summed E-state index contributed by atoms with van der Waals surface area (Å²) in [6.07, 6.45) is 5.66. The molecule has 0 bridgehead atoms. The fourth-order valence-corrected chi connectivity index (χ4v) is 2.11. The van der Waals surface area contributed by atoms with Crippen molar-refractivity contribution in [2.45, 2.75) is 38.1 Å². The third-order valence-corrected chi connectivity index (χ3v) is 2.82. The lowest BCUT2D eigenvalue weighted by molar-refractivity contribution is 0.195. The molecule has 0 aliphatic heterocycles. The van der Waals surface area contributed by atoms with E-state index in [1.807, 2.05) is 0 Å². The highest BCUT2D eigenvalue weighted by Gasteiger charge is 2.28. The number of amides is 1. The van der Waals surface area contributed by atoms with Gasteiger partial charge in [-0.05, 0) is 12.8 Å². The van der Waals surface area contributed by atoms with Crippen molar-refractivity contribution in [3.63, 3.8) is 0 Å². The Labute approximate surface area is 87.7 Å². The molecule has 1 aliphatic rings. The maximum absolute atomic E-state index is 11.1. The van der Waals surface area contributed by atoms with Crippen LogP contribution in [0.5, 0.6) is 0 Å². The van der Waals surface area contributed by atoms with E-state index in [9.17, 15) is 4.79 Å². The largest absolute Gasteiger partial charge is 0.465 e. The standard InChI is InChI=1S/C10H14N2O3/c13-10(14)12(9-6-7-15-11-9)8-4-2-1-3-5-8/h6-8H,1-5H2,(H,13,14). The third kappa shape index (κ3) is 2.11. The summed E-state index contributed by atoms with van der Waals surface area (Å²) < 4.78 is 4.68. The summed E-state index contributed by atoms with van der Waals surface area (Å²) in [7, 11) is 0. The lowest BCUT2D eigenvalue weighted by Gasteiger charge is -2.30. The highest BCUT2D eigenvalue weighted by molar-refractivity contribution is 5.85. The number of carboxylic acid groups (broad SMARTS) is 1. The van der Waals surface area contributed by atoms with E-state index in [4.69, 9.17) is 5.11 Å². The lowest BCUT2D eigenvalue weighted by Crippen LogP contribution is -2.41. The van der Waals surface area contributed by atoms with Crippen molar-refractivity contribution >= 4 is 11.9 Å². The molecule has 0 saturated heterocycles. The Morgan fingerprint density at radius 2 is 2.20 bits per heavy atom. The van der Waals surface area contributed by atoms with Crippen molar-refractivity contribution in [1.82, 2.24) is 5.16 Å². The van der Waals surface area contributed by atoms with Gasteiger partial charge in [-0.25, -0.2) is 4.79 Å². The van der Waals surface area contributed by atoms with Crippen molar-refractivity contribution in [3.05, 3.63) is 12.3 Å². The maximum atomic E-state index is 11.1. The summed E-state index contributed by atoms with van der Waals surface area (Å²) in [6, 6.07) is 1.64. The van der Waals surface area contributed by atoms with E-state index in [1.54, 1.807) is 6.07 Å². The molecule has 0 unspecified atom stereocenters. The number of hydrogen-bond acceptors (Lipinski definition) is 3. The molecule has 5 nitrogen and oxygen atoms in total. The number of aromatic nitrogens is 1. The van der Waals surface area contributed by atoms with E-state index in [-0.39, 0.29) is 6.04 Å². The second-order valence-electron chi connectivity index (χ2n) is 3.80. The van der Waals surface area contributed by atoms with Gasteiger partial charge in [-0.2, -0.15) is 0 Å². The second kappa shape index (κ2) is 4.33. The molecular weight excluding hydrogens is 196 g/mol. The highest BCUT2D eigenvalue weighted by atomic mass is 16.5. The zero-order valence-electron chi connectivity index (χ0n) is 8.43. The summed E-state index contributed by atoms with van der Waals surface area (Å²) in [4.78, 5) is 12.5. The Hall–Kier alpha value is -1.52. The average molecular weight is 210 g/mol. The van der Waals surface area contributed by atoms with Crippen LogP contribution in [0.1, 0.15) is 32.1 Å². The van der Waals surface area contributed by atoms with Crippen LogP contribution in [0.4, 0.5) is 10.6 Å². The molecule has 0 aromatic carbocycles. The van der Waals surface area contributed by atoms with Gasteiger partial charge in [-0.1, -0.05) is 24.4 Å². The first-order valence-electron chi connectivity index (χ1n) is 5.21. The molecule has 1 aromatic rings. The molecule has 5 heteroatoms. The van der Waals surface area contributed by atoms with Crippen LogP contribution >= 0.6 is 0 Å². The van der Waals surface area contributed by atoms with E-state index >= 15 is 0 Å². The van der Waals surface area contributed by atoms with E-state index in [0.29, 0.717) is 5.82 Å². The summed E-state index contributed by atoms with van der Waals surface area (Å²) in [5, 5.41) is 12.8. The molecule has 82 valence electrons. The van der Waals surface area contributed by atoms with Gasteiger partial charge >= 0.3 is 6.09 Å². The van der Waals surface area contributed by atoms with Gasteiger partial charge in [0.05, 0.1) is 0 Å². The normalized spacial score (nSPS) is 17.6. The Kier molecular flexibility index (Phi) is 2.89. The van der Waals surface area contributed by atoms with Gasteiger partial charge < -0.3 is 9.63 Å². The quantitative estimate of drug-likeness (QED) is 0.814. The molecule has 1 amide bonds. The number of nitrogens with zero attached hydrogens (tertiary/aromatic N) is 2. The molecule has 1 fully saturated rings. The monoisotopic (exact) mass is 210 g/mol. The first-order valence-corrected chi connectivity index (χ1v) is 5.21. The van der Waals surface area contributed by atoms with Gasteiger partial charge in [0, 0.05) is 12.1 Å². The van der Waals surface area contributed by atoms with Crippen molar-refractivity contribution in [3.8, 4) is 0 Å². The summed E-state index contributed by atoms with van der Waals surface area (Å²) >= 11 is 0. The Bertz CT molecular complexity index is 317. The van der Waals surface area contributed by atoms with Crippen LogP contribution in [-0.2, 0) is 0 Å². The first-order chi connectivity index (χ1) is 7.29. The molecule has 2 rings (SSSR count). The van der Waals surface area contributed by atoms with Gasteiger partial charge in [0.2, 0.25) is 0 Å². The summed E-state index contributed by atoms with van der Waals surface area (Å²) in [5.41, 5.74) is 0. The van der Waals surface area contributed by atoms with Crippen molar-refractivity contribution < 1.29 is 14.4 Å². The SMILES string of the molecule is O=C(O)N(c1ccon1)C1CCCCC1. The fourth-order valence-electron chi connectivity index (χ4n) is 2.11. The Morgan fingerprint density at radius 3 is 2.73 bits per heavy atom. The van der Waals surface area contributed by atoms with Crippen LogP contribution < -0.4 is 4.90 Å². The molecule has 1 aromatic heterocycles. The lowest BCUT2D eigenvalue weighted by atomic mass is 9.94. The number of anilines is 1. The predicted molar refractivity (Wildman–Crippen MR) is 53.9 cm³/mol. The predicted octanol–water partition coefficient (Wildman–Crippen LogP) is 2.49. The van der Waals surface area contributed by atoms with Crippen LogP contribution in [0.25, 0.3) is 0 Å². The average Bonchev–Trinajstić information content (AvgIpc) is 2.72. The maximum Gasteiger partial charge on any atom is 0.413 e. The second-order valence-corrected chi connectivity index (χ2v) is 3.80. The summed E-state index contributed by atoms with van der Waals surface area (Å²) in [5.74, 6) is 0.398. The third-order valence-electron chi connectivity index (χ3n) is 2.82. The van der Waals surface area contributed by atoms with Gasteiger partial charge in [-0.3, -0.25) is 4.90 Å². The fraction of sp³-hybridized carbons (Fsp3) is 0.600. The van der Waals surface area contributed by atoms with Crippen molar-refractivity contribution in [2.24, 2.45) is 0 Å². The molecule has 1 N–H and O–H groups in total. The molecule has 0 spiro atoms. The molecule has 0 atom stereocenters. The van der Waals surface area contributed by atoms with E-state index in [0.717, 1.165) is 25.7 Å². The molecule has 1 saturated carbocycles. The minimum absolute atomic E-state index is 0.0568. The molecule has 1 heterocycles. The van der Waals surface area contributed by atoms with E-state index in [1.165, 1.54) is 17.6 Å². The van der Waals surface area contributed by atoms with E-state index in [2.05, 4.69) is 9.68 Å². The van der Waals surface area contributed by atoms with Crippen molar-refractivity contribution in [1.29, 1.82) is 0 Å². The van der Waals surface area contributed by atoms with Crippen LogP contribution in [0.15, 0.2) is 16.9 Å². The van der Waals surface area contributed by atoms with Gasteiger partial charge in [0.1, 0.15) is 6.26 Å². The van der Waals surface area contributed by atoms with Crippen LogP contribution in [0.2, 0.25) is 0 Å². The van der Waals surface area contributed by atoms with Crippen LogP contribution in [0.3, 0.4) is 0 Å². The molecular formula is C10H14N2O3. The smallest absolute Gasteiger partial charge is 0.413 e. The Morgan fingerprint density at radius 1 is 1.47 bits per heavy atom. The zero-order valence-corrected chi connectivity index (χ0v) is 8.43. The summed E-state index contributed by atoms with van der Waals surface area (Å²) in [6.45, 7) is 0. The topological polar surface area (TPSA) is 66.6 Å². The van der Waals surface area contributed by atoms with Crippen molar-refractivity contribution in [2.75, 3.05) is 4.90 Å². The van der Waals surface area contributed by atoms with Crippen LogP contribution in [0, 0.1) is 0 Å². The van der Waals surface area contributed by atoms with E-state index < -0.39 is 6.09 Å². The first kappa shape index (κ1) is 10.0. The van der Waals surface area contributed by atoms with Gasteiger partial charge in [-0.15, -0.1) is 0 Å². The number of carbonyl (C=O) groups is 1. The minimum atomic E-state index is -0.948. The van der Waals surface area contributed by atoms with Gasteiger partial charge in [0.15, 0.2) is 5.82 Å². The minimum Gasteiger partial charge on any atom is -0.465 e. The highest BCUT2D eigenvalue weighted by Crippen LogP contribution is 2.26. The molecule has 15 heavy (non-hydrogen) atoms. The molecule has 0 radical (unpaired) electrons. The number of hydrogen-bond donors (Lipinski definition) is 1. The zero-order chi connectivity index (χ0) is 10.7.